The molecule has 1 rings (SSSR count). The third-order valence-electron chi connectivity index (χ3n) is 1.57. The van der Waals surface area contributed by atoms with E-state index in [4.69, 9.17) is 23.2 Å². The molecule has 7 heteroatoms. The van der Waals surface area contributed by atoms with Crippen molar-refractivity contribution < 1.29 is 13.6 Å². The van der Waals surface area contributed by atoms with Crippen molar-refractivity contribution in [2.45, 2.75) is 10.3 Å². The maximum absolute atomic E-state index is 12.8. The minimum Gasteiger partial charge on any atom is -0.211 e. The van der Waals surface area contributed by atoms with Crippen molar-refractivity contribution in [2.75, 3.05) is 0 Å². The number of thiol groups is 1. The molecular weight excluding hydrogens is 267 g/mol. The fraction of sp³-hybridized carbons (Fsp3) is 0.125. The molecule has 0 heterocycles. The third kappa shape index (κ3) is 2.69. The van der Waals surface area contributed by atoms with Gasteiger partial charge in [0.15, 0.2) is 0 Å². The Kier molecular flexibility index (Phi) is 3.73. The molecule has 0 spiro atoms. The molecule has 0 radical (unpaired) electrons. The highest BCUT2D eigenvalue weighted by Gasteiger charge is 2.31. The summed E-state index contributed by atoms with van der Waals surface area (Å²) in [5, 5.41) is -3.92. The molecule has 15 heavy (non-hydrogen) atoms. The van der Waals surface area contributed by atoms with Gasteiger partial charge in [-0.2, -0.15) is 13.8 Å². The number of benzene rings is 1. The highest BCUT2D eigenvalue weighted by molar-refractivity contribution is 7.80. The Labute approximate surface area is 99.3 Å². The fourth-order valence-corrected chi connectivity index (χ4v) is 1.64. The van der Waals surface area contributed by atoms with Gasteiger partial charge >= 0.3 is 5.38 Å². The van der Waals surface area contributed by atoms with Crippen LogP contribution >= 0.6 is 35.8 Å². The SMILES string of the molecule is O=C=Nc1ccc(C(F)(F)Cl)c(Cl)c1S. The maximum atomic E-state index is 12.8. The van der Waals surface area contributed by atoms with Gasteiger partial charge in [-0.3, -0.25) is 0 Å². The third-order valence-corrected chi connectivity index (χ3v) is 2.75. The number of isocyanates is 1. The molecule has 0 aliphatic carbocycles. The van der Waals surface area contributed by atoms with Crippen LogP contribution in [0.2, 0.25) is 5.02 Å². The van der Waals surface area contributed by atoms with E-state index in [1.165, 1.54) is 6.08 Å². The summed E-state index contributed by atoms with van der Waals surface area (Å²) in [6.45, 7) is 0. The molecule has 0 atom stereocenters. The first-order chi connectivity index (χ1) is 6.88. The number of rotatable bonds is 2. The van der Waals surface area contributed by atoms with E-state index in [-0.39, 0.29) is 15.6 Å². The molecule has 0 fully saturated rings. The van der Waals surface area contributed by atoms with Gasteiger partial charge in [0.1, 0.15) is 0 Å². The topological polar surface area (TPSA) is 29.4 Å². The minimum absolute atomic E-state index is 0.0437. The van der Waals surface area contributed by atoms with Crippen molar-refractivity contribution >= 4 is 47.6 Å². The second-order valence-electron chi connectivity index (χ2n) is 2.50. The number of nitrogens with zero attached hydrogens (tertiary/aromatic N) is 1. The first kappa shape index (κ1) is 12.5. The van der Waals surface area contributed by atoms with Crippen molar-refractivity contribution in [1.82, 2.24) is 0 Å². The molecule has 0 aliphatic rings. The number of carbonyl (C=O) groups excluding carboxylic acids is 1. The normalized spacial score (nSPS) is 11.0. The predicted molar refractivity (Wildman–Crippen MR) is 56.2 cm³/mol. The monoisotopic (exact) mass is 269 g/mol. The Morgan fingerprint density at radius 1 is 1.47 bits per heavy atom. The lowest BCUT2D eigenvalue weighted by Gasteiger charge is -2.12. The van der Waals surface area contributed by atoms with E-state index < -0.39 is 10.9 Å². The number of hydrogen-bond donors (Lipinski definition) is 1. The molecule has 0 N–H and O–H groups in total. The zero-order chi connectivity index (χ0) is 11.6. The summed E-state index contributed by atoms with van der Waals surface area (Å²) in [5.74, 6) is 0. The van der Waals surface area contributed by atoms with Crippen molar-refractivity contribution in [3.8, 4) is 0 Å². The summed E-state index contributed by atoms with van der Waals surface area (Å²) in [6, 6.07) is 2.13. The molecule has 0 aromatic heterocycles. The van der Waals surface area contributed by atoms with E-state index in [1.807, 2.05) is 0 Å². The summed E-state index contributed by atoms with van der Waals surface area (Å²) >= 11 is 14.2. The lowest BCUT2D eigenvalue weighted by molar-refractivity contribution is 0.0950. The Morgan fingerprint density at radius 2 is 2.07 bits per heavy atom. The van der Waals surface area contributed by atoms with Crippen molar-refractivity contribution in [3.63, 3.8) is 0 Å². The average Bonchev–Trinajstić information content (AvgIpc) is 2.11. The van der Waals surface area contributed by atoms with Crippen molar-refractivity contribution in [3.05, 3.63) is 22.7 Å². The molecule has 1 aromatic rings. The highest BCUT2D eigenvalue weighted by atomic mass is 35.5. The van der Waals surface area contributed by atoms with Crippen LogP contribution in [0, 0.1) is 0 Å². The summed E-state index contributed by atoms with van der Waals surface area (Å²) in [4.78, 5) is 13.2. The van der Waals surface area contributed by atoms with Crippen LogP contribution in [0.4, 0.5) is 14.5 Å². The van der Waals surface area contributed by atoms with Crippen LogP contribution in [0.1, 0.15) is 5.56 Å². The Morgan fingerprint density at radius 3 is 2.53 bits per heavy atom. The van der Waals surface area contributed by atoms with Gasteiger partial charge in [0.05, 0.1) is 16.3 Å². The summed E-state index contributed by atoms with van der Waals surface area (Å²) in [5.41, 5.74) is -0.524. The van der Waals surface area contributed by atoms with Gasteiger partial charge in [0.25, 0.3) is 0 Å². The molecule has 0 saturated heterocycles. The molecule has 80 valence electrons. The molecular formula is C8H3Cl2F2NOS. The van der Waals surface area contributed by atoms with Gasteiger partial charge in [0.2, 0.25) is 6.08 Å². The van der Waals surface area contributed by atoms with Gasteiger partial charge in [-0.15, -0.1) is 12.6 Å². The largest absolute Gasteiger partial charge is 0.349 e. The zero-order valence-electron chi connectivity index (χ0n) is 6.97. The standard InChI is InChI=1S/C8H3Cl2F2NOS/c9-6-4(8(10,11)12)1-2-5(7(6)15)13-3-14/h1-2,15H. The van der Waals surface area contributed by atoms with E-state index in [1.54, 1.807) is 0 Å². The molecule has 0 bridgehead atoms. The highest BCUT2D eigenvalue weighted by Crippen LogP contribution is 2.42. The lowest BCUT2D eigenvalue weighted by Crippen LogP contribution is -2.04. The predicted octanol–water partition coefficient (Wildman–Crippen LogP) is 3.88. The van der Waals surface area contributed by atoms with Crippen LogP contribution in [0.3, 0.4) is 0 Å². The zero-order valence-corrected chi connectivity index (χ0v) is 9.38. The first-order valence-electron chi connectivity index (χ1n) is 3.54. The van der Waals surface area contributed by atoms with Crippen molar-refractivity contribution in [1.29, 1.82) is 0 Å². The van der Waals surface area contributed by atoms with E-state index >= 15 is 0 Å². The Bertz CT molecular complexity index is 441. The van der Waals surface area contributed by atoms with E-state index in [9.17, 15) is 13.6 Å². The molecule has 0 saturated carbocycles. The number of alkyl halides is 3. The molecule has 1 aromatic carbocycles. The van der Waals surface area contributed by atoms with Crippen LogP contribution in [-0.2, 0) is 10.2 Å². The summed E-state index contributed by atoms with van der Waals surface area (Å²) in [7, 11) is 0. The second-order valence-corrected chi connectivity index (χ2v) is 3.80. The number of hydrogen-bond acceptors (Lipinski definition) is 3. The van der Waals surface area contributed by atoms with Crippen LogP contribution in [0.5, 0.6) is 0 Å². The average molecular weight is 270 g/mol. The summed E-state index contributed by atoms with van der Waals surface area (Å²) < 4.78 is 25.5. The van der Waals surface area contributed by atoms with Gasteiger partial charge in [-0.05, 0) is 23.7 Å². The Balaban J connectivity index is 3.40. The van der Waals surface area contributed by atoms with Gasteiger partial charge in [-0.25, -0.2) is 4.79 Å². The van der Waals surface area contributed by atoms with E-state index in [2.05, 4.69) is 17.6 Å². The Hall–Kier alpha value is -0.610. The van der Waals surface area contributed by atoms with Crippen LogP contribution in [0.25, 0.3) is 0 Å². The van der Waals surface area contributed by atoms with E-state index in [0.29, 0.717) is 0 Å². The van der Waals surface area contributed by atoms with Crippen LogP contribution in [0.15, 0.2) is 22.0 Å². The van der Waals surface area contributed by atoms with Crippen molar-refractivity contribution in [2.24, 2.45) is 4.99 Å². The minimum atomic E-state index is -3.59. The second kappa shape index (κ2) is 4.49. The summed E-state index contributed by atoms with van der Waals surface area (Å²) in [6.07, 6.45) is 1.26. The van der Waals surface area contributed by atoms with Crippen LogP contribution < -0.4 is 0 Å². The molecule has 0 amide bonds. The van der Waals surface area contributed by atoms with Gasteiger partial charge in [0, 0.05) is 4.90 Å². The smallest absolute Gasteiger partial charge is 0.211 e. The quantitative estimate of drug-likeness (QED) is 0.375. The number of aliphatic imine (C=N–C) groups is 1. The molecule has 0 aliphatic heterocycles. The van der Waals surface area contributed by atoms with Gasteiger partial charge in [-0.1, -0.05) is 11.6 Å². The maximum Gasteiger partial charge on any atom is 0.349 e. The lowest BCUT2D eigenvalue weighted by atomic mass is 10.2. The van der Waals surface area contributed by atoms with Crippen LogP contribution in [-0.4, -0.2) is 6.08 Å². The molecule has 2 nitrogen and oxygen atoms in total. The van der Waals surface area contributed by atoms with Gasteiger partial charge < -0.3 is 0 Å². The fourth-order valence-electron chi connectivity index (χ4n) is 0.913. The number of halogens is 4. The van der Waals surface area contributed by atoms with E-state index in [0.717, 1.165) is 12.1 Å². The molecule has 0 unspecified atom stereocenters. The first-order valence-corrected chi connectivity index (χ1v) is 4.74.